The number of anilines is 2. The summed E-state index contributed by atoms with van der Waals surface area (Å²) in [6, 6.07) is 37.0. The van der Waals surface area contributed by atoms with Gasteiger partial charge < -0.3 is 11.5 Å². The fourth-order valence-electron chi connectivity index (χ4n) is 9.75. The van der Waals surface area contributed by atoms with Crippen LogP contribution < -0.4 is 11.5 Å². The first-order valence-corrected chi connectivity index (χ1v) is 25.9. The monoisotopic (exact) mass is 827 g/mol. The zero-order valence-electron chi connectivity index (χ0n) is 39.6. The van der Waals surface area contributed by atoms with E-state index in [9.17, 15) is 0 Å². The van der Waals surface area contributed by atoms with E-state index in [1.165, 1.54) is 207 Å². The van der Waals surface area contributed by atoms with Gasteiger partial charge in [0.2, 0.25) is 0 Å². The predicted octanol–water partition coefficient (Wildman–Crippen LogP) is 18.1. The molecule has 2 nitrogen and oxygen atoms in total. The van der Waals surface area contributed by atoms with E-state index in [-0.39, 0.29) is 0 Å². The molecular weight excluding hydrogens is 737 g/mol. The molecule has 4 aromatic carbocycles. The van der Waals surface area contributed by atoms with Crippen molar-refractivity contribution in [2.45, 2.75) is 219 Å². The largest absolute Gasteiger partial charge is 0.399 e. The molecule has 0 spiro atoms. The fourth-order valence-corrected chi connectivity index (χ4v) is 9.75. The van der Waals surface area contributed by atoms with Crippen LogP contribution in [0, 0.1) is 5.92 Å². The van der Waals surface area contributed by atoms with E-state index in [1.54, 1.807) is 0 Å². The molecule has 0 fully saturated rings. The Bertz CT molecular complexity index is 1510. The third-order valence-electron chi connectivity index (χ3n) is 13.6. The van der Waals surface area contributed by atoms with E-state index in [0.29, 0.717) is 17.8 Å². The van der Waals surface area contributed by atoms with E-state index in [4.69, 9.17) is 11.5 Å². The van der Waals surface area contributed by atoms with E-state index in [2.05, 4.69) is 118 Å². The molecule has 0 aliphatic heterocycles. The van der Waals surface area contributed by atoms with Crippen LogP contribution in [0.4, 0.5) is 11.4 Å². The Morgan fingerprint density at radius 3 is 0.836 bits per heavy atom. The first-order chi connectivity index (χ1) is 30.0. The zero-order chi connectivity index (χ0) is 43.2. The molecule has 4 rings (SSSR count). The van der Waals surface area contributed by atoms with Gasteiger partial charge in [0.05, 0.1) is 0 Å². The third-order valence-corrected chi connectivity index (χ3v) is 13.6. The van der Waals surface area contributed by atoms with Crippen molar-refractivity contribution in [3.63, 3.8) is 0 Å². The van der Waals surface area contributed by atoms with Crippen LogP contribution in [0.2, 0.25) is 0 Å². The van der Waals surface area contributed by atoms with Crippen molar-refractivity contribution in [1.82, 2.24) is 0 Å². The van der Waals surface area contributed by atoms with E-state index >= 15 is 0 Å². The minimum Gasteiger partial charge on any atom is -0.399 e. The second kappa shape index (κ2) is 31.3. The summed E-state index contributed by atoms with van der Waals surface area (Å²) in [5.41, 5.74) is 22.7. The number of hydrogen-bond acceptors (Lipinski definition) is 2. The van der Waals surface area contributed by atoms with Crippen molar-refractivity contribution in [1.29, 1.82) is 0 Å². The molecule has 0 aliphatic rings. The highest BCUT2D eigenvalue weighted by molar-refractivity contribution is 5.44. The van der Waals surface area contributed by atoms with Crippen molar-refractivity contribution < 1.29 is 0 Å². The lowest BCUT2D eigenvalue weighted by atomic mass is 9.83. The van der Waals surface area contributed by atoms with Gasteiger partial charge in [0.1, 0.15) is 0 Å². The minimum absolute atomic E-state index is 0.425. The van der Waals surface area contributed by atoms with Crippen LogP contribution >= 0.6 is 0 Å². The molecule has 61 heavy (non-hydrogen) atoms. The Morgan fingerprint density at radius 2 is 0.541 bits per heavy atom. The second-order valence-corrected chi connectivity index (χ2v) is 19.0. The number of benzene rings is 4. The van der Waals surface area contributed by atoms with Gasteiger partial charge >= 0.3 is 0 Å². The summed E-state index contributed by atoms with van der Waals surface area (Å²) in [5, 5.41) is 0. The summed E-state index contributed by atoms with van der Waals surface area (Å²) >= 11 is 0. The Labute approximate surface area is 376 Å². The Morgan fingerprint density at radius 1 is 0.295 bits per heavy atom. The number of unbranched alkanes of at least 4 members (excludes halogenated alkanes) is 21. The zero-order valence-corrected chi connectivity index (χ0v) is 39.6. The van der Waals surface area contributed by atoms with Crippen molar-refractivity contribution in [2.24, 2.45) is 5.92 Å². The summed E-state index contributed by atoms with van der Waals surface area (Å²) in [6.07, 6.45) is 38.7. The molecule has 4 N–H and O–H groups in total. The smallest absolute Gasteiger partial charge is 0.0314 e. The Balaban J connectivity index is 1.42. The van der Waals surface area contributed by atoms with Gasteiger partial charge in [-0.3, -0.25) is 0 Å². The average molecular weight is 827 g/mol. The molecule has 0 amide bonds. The van der Waals surface area contributed by atoms with Gasteiger partial charge in [-0.05, 0) is 95.7 Å². The highest BCUT2D eigenvalue weighted by atomic mass is 14.5. The lowest BCUT2D eigenvalue weighted by molar-refractivity contribution is 0.444. The van der Waals surface area contributed by atoms with Crippen LogP contribution in [0.1, 0.15) is 239 Å². The molecule has 336 valence electrons. The van der Waals surface area contributed by atoms with Crippen LogP contribution in [0.15, 0.2) is 97.1 Å². The number of hydrogen-bond donors (Lipinski definition) is 2. The van der Waals surface area contributed by atoms with Gasteiger partial charge in [-0.15, -0.1) is 0 Å². The van der Waals surface area contributed by atoms with E-state index in [0.717, 1.165) is 24.2 Å². The molecule has 0 saturated heterocycles. The highest BCUT2D eigenvalue weighted by Gasteiger charge is 2.18. The molecule has 2 heteroatoms. The molecule has 0 aromatic heterocycles. The van der Waals surface area contributed by atoms with Crippen molar-refractivity contribution in [3.8, 4) is 0 Å². The van der Waals surface area contributed by atoms with Gasteiger partial charge in [0, 0.05) is 23.2 Å². The maximum Gasteiger partial charge on any atom is 0.0314 e. The third kappa shape index (κ3) is 20.5. The maximum atomic E-state index is 6.14. The molecule has 4 aromatic rings. The Hall–Kier alpha value is -3.52. The van der Waals surface area contributed by atoms with Crippen LogP contribution in [0.3, 0.4) is 0 Å². The van der Waals surface area contributed by atoms with Crippen molar-refractivity contribution in [2.75, 3.05) is 11.5 Å². The molecule has 0 bridgehead atoms. The van der Waals surface area contributed by atoms with E-state index in [1.807, 2.05) is 0 Å². The first kappa shape index (κ1) is 50.1. The standard InChI is InChI=1S/C59H90N2/c1-4-7-10-13-16-19-22-25-28-51(47-49-31-35-52(36-32-49)58(54-39-43-56(60)44-40-54)29-26-23-20-17-14-11-8-5-2)48-50-33-37-53(38-34-50)59(55-41-45-57(61)46-42-55)30-27-24-21-18-15-12-9-6-3/h31-46,51,58-59H,4-30,47-48,60-61H2,1-3H3. The summed E-state index contributed by atoms with van der Waals surface area (Å²) in [7, 11) is 0. The quantitative estimate of drug-likeness (QED) is 0.0359. The van der Waals surface area contributed by atoms with Gasteiger partial charge in [-0.2, -0.15) is 0 Å². The number of rotatable bonds is 35. The first-order valence-electron chi connectivity index (χ1n) is 25.9. The van der Waals surface area contributed by atoms with Gasteiger partial charge in [-0.25, -0.2) is 0 Å². The lowest BCUT2D eigenvalue weighted by Gasteiger charge is -2.21. The summed E-state index contributed by atoms with van der Waals surface area (Å²) in [5.74, 6) is 1.50. The van der Waals surface area contributed by atoms with Crippen LogP contribution in [0.25, 0.3) is 0 Å². The van der Waals surface area contributed by atoms with Gasteiger partial charge in [0.15, 0.2) is 0 Å². The SMILES string of the molecule is CCCCCCCCCCC(Cc1ccc(C(CCCCCCCCCC)c2ccc(N)cc2)cc1)Cc1ccc(C(CCCCCCCCCC)c2ccc(N)cc2)cc1. The maximum absolute atomic E-state index is 6.14. The summed E-state index contributed by atoms with van der Waals surface area (Å²) in [4.78, 5) is 0. The normalized spacial score (nSPS) is 13.0. The molecular formula is C59H90N2. The van der Waals surface area contributed by atoms with Crippen LogP contribution in [-0.2, 0) is 12.8 Å². The number of nitrogens with two attached hydrogens (primary N) is 2. The average Bonchev–Trinajstić information content (AvgIpc) is 3.28. The minimum atomic E-state index is 0.425. The van der Waals surface area contributed by atoms with E-state index < -0.39 is 0 Å². The molecule has 0 aliphatic carbocycles. The molecule has 0 heterocycles. The molecule has 2 atom stereocenters. The summed E-state index contributed by atoms with van der Waals surface area (Å²) < 4.78 is 0. The Kier molecular flexibility index (Phi) is 25.8. The van der Waals surface area contributed by atoms with Crippen molar-refractivity contribution >= 4 is 11.4 Å². The molecule has 0 radical (unpaired) electrons. The summed E-state index contributed by atoms with van der Waals surface area (Å²) in [6.45, 7) is 6.92. The lowest BCUT2D eigenvalue weighted by Crippen LogP contribution is -2.10. The van der Waals surface area contributed by atoms with Gasteiger partial charge in [-0.1, -0.05) is 248 Å². The van der Waals surface area contributed by atoms with Gasteiger partial charge in [0.25, 0.3) is 0 Å². The molecule has 2 unspecified atom stereocenters. The fraction of sp³-hybridized carbons (Fsp3) is 0.593. The number of nitrogen functional groups attached to an aromatic ring is 2. The van der Waals surface area contributed by atoms with Crippen LogP contribution in [-0.4, -0.2) is 0 Å². The van der Waals surface area contributed by atoms with Crippen LogP contribution in [0.5, 0.6) is 0 Å². The van der Waals surface area contributed by atoms with Crippen molar-refractivity contribution in [3.05, 3.63) is 130 Å². The topological polar surface area (TPSA) is 52.0 Å². The predicted molar refractivity (Wildman–Crippen MR) is 271 cm³/mol. The highest BCUT2D eigenvalue weighted by Crippen LogP contribution is 2.34. The second-order valence-electron chi connectivity index (χ2n) is 19.0. The molecule has 0 saturated carbocycles.